The number of amides is 1. The first-order valence-corrected chi connectivity index (χ1v) is 7.56. The van der Waals surface area contributed by atoms with Crippen molar-refractivity contribution in [2.24, 2.45) is 12.0 Å². The first-order chi connectivity index (χ1) is 8.63. The third-order valence-electron chi connectivity index (χ3n) is 2.74. The summed E-state index contributed by atoms with van der Waals surface area (Å²) in [5.41, 5.74) is 1.09. The van der Waals surface area contributed by atoms with E-state index in [4.69, 9.17) is 0 Å². The monoisotopic (exact) mass is 326 g/mol. The smallest absolute Gasteiger partial charge is 0.248 e. The summed E-state index contributed by atoms with van der Waals surface area (Å²) in [6, 6.07) is 6.03. The van der Waals surface area contributed by atoms with Crippen LogP contribution in [-0.2, 0) is 11.8 Å². The number of carbonyl (C=O) groups excluding carboxylic acids is 1. The summed E-state index contributed by atoms with van der Waals surface area (Å²) >= 11 is 5.07. The first-order valence-electron chi connectivity index (χ1n) is 5.95. The minimum Gasteiger partial charge on any atom is -0.318 e. The summed E-state index contributed by atoms with van der Waals surface area (Å²) in [5.74, 6) is -0.0323. The Morgan fingerprint density at radius 3 is 2.94 bits per heavy atom. The van der Waals surface area contributed by atoms with Gasteiger partial charge in [-0.15, -0.1) is 0 Å². The SMILES string of the molecule is CCCCC(=O)N=c1sc2cccc(Br)c2n1C. The third-order valence-corrected chi connectivity index (χ3v) is 4.47. The van der Waals surface area contributed by atoms with Crippen molar-refractivity contribution in [3.05, 3.63) is 27.5 Å². The molecule has 0 N–H and O–H groups in total. The minimum atomic E-state index is -0.0323. The Balaban J connectivity index is 2.46. The Labute approximate surface area is 118 Å². The lowest BCUT2D eigenvalue weighted by Crippen LogP contribution is -2.13. The minimum absolute atomic E-state index is 0.0323. The van der Waals surface area contributed by atoms with Crippen LogP contribution in [-0.4, -0.2) is 10.5 Å². The second kappa shape index (κ2) is 5.80. The van der Waals surface area contributed by atoms with E-state index < -0.39 is 0 Å². The van der Waals surface area contributed by atoms with Gasteiger partial charge in [-0.3, -0.25) is 4.79 Å². The molecule has 1 aromatic heterocycles. The lowest BCUT2D eigenvalue weighted by atomic mass is 10.2. The molecule has 0 aliphatic heterocycles. The molecule has 96 valence electrons. The number of thiazole rings is 1. The molecule has 0 unspecified atom stereocenters. The highest BCUT2D eigenvalue weighted by Crippen LogP contribution is 2.24. The lowest BCUT2D eigenvalue weighted by Gasteiger charge is -1.97. The molecular weight excluding hydrogens is 312 g/mol. The zero-order valence-electron chi connectivity index (χ0n) is 10.4. The van der Waals surface area contributed by atoms with Gasteiger partial charge in [0.25, 0.3) is 0 Å². The fraction of sp³-hybridized carbons (Fsp3) is 0.385. The van der Waals surface area contributed by atoms with Gasteiger partial charge in [-0.2, -0.15) is 4.99 Å². The highest BCUT2D eigenvalue weighted by atomic mass is 79.9. The van der Waals surface area contributed by atoms with E-state index in [0.717, 1.165) is 32.3 Å². The molecule has 1 amide bonds. The van der Waals surface area contributed by atoms with Crippen LogP contribution in [0.25, 0.3) is 10.2 Å². The number of benzene rings is 1. The fourth-order valence-electron chi connectivity index (χ4n) is 1.75. The van der Waals surface area contributed by atoms with Crippen molar-refractivity contribution in [3.8, 4) is 0 Å². The Kier molecular flexibility index (Phi) is 4.35. The Hall–Kier alpha value is -0.940. The number of rotatable bonds is 3. The molecule has 18 heavy (non-hydrogen) atoms. The Morgan fingerprint density at radius 2 is 2.28 bits per heavy atom. The van der Waals surface area contributed by atoms with Crippen LogP contribution >= 0.6 is 27.3 Å². The van der Waals surface area contributed by atoms with Gasteiger partial charge in [-0.25, -0.2) is 0 Å². The van der Waals surface area contributed by atoms with Crippen LogP contribution in [0.3, 0.4) is 0 Å². The van der Waals surface area contributed by atoms with Gasteiger partial charge in [0.05, 0.1) is 10.2 Å². The quantitative estimate of drug-likeness (QED) is 0.848. The number of nitrogens with zero attached hydrogens (tertiary/aromatic N) is 2. The molecule has 2 rings (SSSR count). The average molecular weight is 327 g/mol. The molecule has 0 spiro atoms. The summed E-state index contributed by atoms with van der Waals surface area (Å²) in [4.78, 5) is 16.7. The number of fused-ring (bicyclic) bond motifs is 1. The van der Waals surface area contributed by atoms with Gasteiger partial charge in [0.15, 0.2) is 4.80 Å². The number of aryl methyl sites for hydroxylation is 1. The molecule has 1 aromatic carbocycles. The Bertz CT molecular complexity index is 642. The molecule has 0 aliphatic carbocycles. The Morgan fingerprint density at radius 1 is 1.50 bits per heavy atom. The van der Waals surface area contributed by atoms with E-state index in [1.165, 1.54) is 0 Å². The van der Waals surface area contributed by atoms with Crippen LogP contribution in [0.5, 0.6) is 0 Å². The van der Waals surface area contributed by atoms with E-state index in [9.17, 15) is 4.79 Å². The second-order valence-electron chi connectivity index (χ2n) is 4.14. The van der Waals surface area contributed by atoms with E-state index in [-0.39, 0.29) is 5.91 Å². The van der Waals surface area contributed by atoms with Crippen molar-refractivity contribution in [1.82, 2.24) is 4.57 Å². The molecule has 0 bridgehead atoms. The van der Waals surface area contributed by atoms with Crippen LogP contribution in [0.15, 0.2) is 27.7 Å². The number of halogens is 1. The first kappa shape index (κ1) is 13.5. The van der Waals surface area contributed by atoms with Gasteiger partial charge < -0.3 is 4.57 Å². The third kappa shape index (κ3) is 2.72. The standard InChI is InChI=1S/C13H15BrN2OS/c1-3-4-8-11(17)15-13-16(2)12-9(14)6-5-7-10(12)18-13/h5-7H,3-4,8H2,1-2H3. The molecule has 0 saturated carbocycles. The summed E-state index contributed by atoms with van der Waals surface area (Å²) in [6.45, 7) is 2.07. The second-order valence-corrected chi connectivity index (χ2v) is 6.00. The summed E-state index contributed by atoms with van der Waals surface area (Å²) in [6.07, 6.45) is 2.46. The maximum Gasteiger partial charge on any atom is 0.248 e. The highest BCUT2D eigenvalue weighted by Gasteiger charge is 2.07. The van der Waals surface area contributed by atoms with Crippen molar-refractivity contribution in [3.63, 3.8) is 0 Å². The molecule has 0 aliphatic rings. The molecule has 0 atom stereocenters. The van der Waals surface area contributed by atoms with Gasteiger partial charge in [0, 0.05) is 17.9 Å². The molecule has 5 heteroatoms. The summed E-state index contributed by atoms with van der Waals surface area (Å²) in [5, 5.41) is 0. The topological polar surface area (TPSA) is 34.4 Å². The number of hydrogen-bond acceptors (Lipinski definition) is 2. The van der Waals surface area contributed by atoms with Crippen LogP contribution in [0.2, 0.25) is 0 Å². The van der Waals surface area contributed by atoms with Gasteiger partial charge >= 0.3 is 0 Å². The van der Waals surface area contributed by atoms with Crippen LogP contribution in [0.1, 0.15) is 26.2 Å². The van der Waals surface area contributed by atoms with Crippen LogP contribution in [0.4, 0.5) is 0 Å². The number of aromatic nitrogens is 1. The molecule has 1 heterocycles. The van der Waals surface area contributed by atoms with Crippen molar-refractivity contribution < 1.29 is 4.79 Å². The van der Waals surface area contributed by atoms with Gasteiger partial charge in [0.2, 0.25) is 5.91 Å². The van der Waals surface area contributed by atoms with E-state index >= 15 is 0 Å². The predicted molar refractivity (Wildman–Crippen MR) is 78.6 cm³/mol. The van der Waals surface area contributed by atoms with Crippen molar-refractivity contribution in [2.75, 3.05) is 0 Å². The van der Waals surface area contributed by atoms with Crippen LogP contribution < -0.4 is 4.80 Å². The lowest BCUT2D eigenvalue weighted by molar-refractivity contribution is -0.118. The predicted octanol–water partition coefficient (Wildman–Crippen LogP) is 3.62. The van der Waals surface area contributed by atoms with E-state index in [1.807, 2.05) is 29.8 Å². The van der Waals surface area contributed by atoms with Gasteiger partial charge in [-0.1, -0.05) is 30.7 Å². The van der Waals surface area contributed by atoms with Gasteiger partial charge in [0.1, 0.15) is 0 Å². The maximum absolute atomic E-state index is 11.7. The van der Waals surface area contributed by atoms with E-state index in [2.05, 4.69) is 27.8 Å². The normalized spacial score (nSPS) is 12.3. The molecule has 0 saturated heterocycles. The largest absolute Gasteiger partial charge is 0.318 e. The number of para-hydroxylation sites is 1. The molecule has 0 radical (unpaired) electrons. The maximum atomic E-state index is 11.7. The molecule has 3 nitrogen and oxygen atoms in total. The van der Waals surface area contributed by atoms with E-state index in [1.54, 1.807) is 11.3 Å². The van der Waals surface area contributed by atoms with Crippen molar-refractivity contribution in [2.45, 2.75) is 26.2 Å². The molecule has 2 aromatic rings. The highest BCUT2D eigenvalue weighted by molar-refractivity contribution is 9.10. The summed E-state index contributed by atoms with van der Waals surface area (Å²) < 4.78 is 4.13. The average Bonchev–Trinajstić information content (AvgIpc) is 2.65. The number of hydrogen-bond donors (Lipinski definition) is 0. The zero-order valence-corrected chi connectivity index (χ0v) is 12.8. The van der Waals surface area contributed by atoms with Crippen molar-refractivity contribution in [1.29, 1.82) is 0 Å². The van der Waals surface area contributed by atoms with Crippen LogP contribution in [0, 0.1) is 0 Å². The zero-order chi connectivity index (χ0) is 13.1. The molecular formula is C13H15BrN2OS. The van der Waals surface area contributed by atoms with Crippen molar-refractivity contribution >= 4 is 43.4 Å². The molecule has 0 fully saturated rings. The number of carbonyl (C=O) groups is 1. The number of unbranched alkanes of at least 4 members (excludes halogenated alkanes) is 1. The van der Waals surface area contributed by atoms with Gasteiger partial charge in [-0.05, 0) is 34.5 Å². The summed E-state index contributed by atoms with van der Waals surface area (Å²) in [7, 11) is 1.94. The fourth-order valence-corrected chi connectivity index (χ4v) is 3.58. The van der Waals surface area contributed by atoms with E-state index in [0.29, 0.717) is 6.42 Å².